The van der Waals surface area contributed by atoms with Crippen LogP contribution in [0.2, 0.25) is 0 Å². The molecule has 0 spiro atoms. The first-order valence-electron chi connectivity index (χ1n) is 7.60. The van der Waals surface area contributed by atoms with Crippen LogP contribution in [0, 0.1) is 5.92 Å². The lowest BCUT2D eigenvalue weighted by Crippen LogP contribution is -2.21. The molecule has 0 amide bonds. The summed E-state index contributed by atoms with van der Waals surface area (Å²) in [6.07, 6.45) is 8.21. The fourth-order valence-electron chi connectivity index (χ4n) is 3.36. The zero-order valence-corrected chi connectivity index (χ0v) is 11.5. The molecule has 3 rings (SSSR count). The van der Waals surface area contributed by atoms with Gasteiger partial charge in [0.05, 0.1) is 0 Å². The number of carbonyl (C=O) groups is 1. The van der Waals surface area contributed by atoms with E-state index < -0.39 is 0 Å². The summed E-state index contributed by atoms with van der Waals surface area (Å²) >= 11 is 0. The smallest absolute Gasteiger partial charge is 0.165 e. The standard InChI is InChI=1S/C17H23NO/c18-12-17(9-10-17)15-8-4-7-14(11-15)16(19)13-5-2-1-3-6-13/h4,7-8,11,13H,1-3,5-6,9-10,12,18H2. The Labute approximate surface area is 115 Å². The second-order valence-electron chi connectivity index (χ2n) is 6.26. The average molecular weight is 257 g/mol. The molecule has 2 aliphatic carbocycles. The number of hydrogen-bond donors (Lipinski definition) is 1. The van der Waals surface area contributed by atoms with Crippen molar-refractivity contribution >= 4 is 5.78 Å². The quantitative estimate of drug-likeness (QED) is 0.840. The molecule has 2 nitrogen and oxygen atoms in total. The number of carbonyl (C=O) groups excluding carboxylic acids is 1. The Hall–Kier alpha value is -1.15. The van der Waals surface area contributed by atoms with E-state index >= 15 is 0 Å². The Bertz CT molecular complexity index is 470. The summed E-state index contributed by atoms with van der Waals surface area (Å²) in [5.74, 6) is 0.617. The van der Waals surface area contributed by atoms with Gasteiger partial charge in [-0.05, 0) is 37.3 Å². The van der Waals surface area contributed by atoms with Crippen molar-refractivity contribution in [3.8, 4) is 0 Å². The number of Topliss-reactive ketones (excluding diaryl/α,β-unsaturated/α-hetero) is 1. The summed E-state index contributed by atoms with van der Waals surface area (Å²) in [4.78, 5) is 12.6. The SMILES string of the molecule is NCC1(c2cccc(C(=O)C3CCCCC3)c2)CC1. The van der Waals surface area contributed by atoms with Gasteiger partial charge in [0.2, 0.25) is 0 Å². The number of hydrogen-bond acceptors (Lipinski definition) is 2. The highest BCUT2D eigenvalue weighted by Gasteiger charge is 2.43. The van der Waals surface area contributed by atoms with E-state index in [0.29, 0.717) is 12.3 Å². The first-order valence-corrected chi connectivity index (χ1v) is 7.60. The van der Waals surface area contributed by atoms with E-state index in [0.717, 1.165) is 18.4 Å². The molecule has 0 radical (unpaired) electrons. The molecule has 102 valence electrons. The molecule has 2 aliphatic rings. The van der Waals surface area contributed by atoms with Crippen LogP contribution in [0.25, 0.3) is 0 Å². The lowest BCUT2D eigenvalue weighted by Gasteiger charge is -2.21. The van der Waals surface area contributed by atoms with Crippen molar-refractivity contribution in [2.75, 3.05) is 6.54 Å². The maximum Gasteiger partial charge on any atom is 0.165 e. The van der Waals surface area contributed by atoms with E-state index in [1.165, 1.54) is 37.7 Å². The summed E-state index contributed by atoms with van der Waals surface area (Å²) in [5, 5.41) is 0. The van der Waals surface area contributed by atoms with Gasteiger partial charge in [0, 0.05) is 23.4 Å². The van der Waals surface area contributed by atoms with Crippen LogP contribution in [0.4, 0.5) is 0 Å². The summed E-state index contributed by atoms with van der Waals surface area (Å²) in [7, 11) is 0. The van der Waals surface area contributed by atoms with E-state index in [-0.39, 0.29) is 11.3 Å². The van der Waals surface area contributed by atoms with Crippen molar-refractivity contribution in [3.63, 3.8) is 0 Å². The Morgan fingerprint density at radius 3 is 2.58 bits per heavy atom. The van der Waals surface area contributed by atoms with Gasteiger partial charge in [-0.25, -0.2) is 0 Å². The van der Waals surface area contributed by atoms with Crippen LogP contribution >= 0.6 is 0 Å². The fraction of sp³-hybridized carbons (Fsp3) is 0.588. The summed E-state index contributed by atoms with van der Waals surface area (Å²) in [6, 6.07) is 8.25. The number of ketones is 1. The van der Waals surface area contributed by atoms with Gasteiger partial charge in [0.25, 0.3) is 0 Å². The largest absolute Gasteiger partial charge is 0.330 e. The molecule has 1 aromatic rings. The minimum Gasteiger partial charge on any atom is -0.330 e. The molecule has 0 saturated heterocycles. The van der Waals surface area contributed by atoms with Gasteiger partial charge in [0.1, 0.15) is 0 Å². The molecule has 2 saturated carbocycles. The number of nitrogens with two attached hydrogens (primary N) is 1. The maximum atomic E-state index is 12.6. The molecular weight excluding hydrogens is 234 g/mol. The Morgan fingerprint density at radius 2 is 1.95 bits per heavy atom. The molecule has 19 heavy (non-hydrogen) atoms. The molecule has 0 aliphatic heterocycles. The number of benzene rings is 1. The van der Waals surface area contributed by atoms with Gasteiger partial charge in [-0.2, -0.15) is 0 Å². The molecule has 0 bridgehead atoms. The first-order chi connectivity index (χ1) is 9.25. The molecule has 0 aromatic heterocycles. The monoisotopic (exact) mass is 257 g/mol. The average Bonchev–Trinajstić information content (AvgIpc) is 3.29. The van der Waals surface area contributed by atoms with E-state index in [1.807, 2.05) is 12.1 Å². The minimum absolute atomic E-state index is 0.183. The van der Waals surface area contributed by atoms with Crippen LogP contribution in [0.15, 0.2) is 24.3 Å². The predicted octanol–water partition coefficient (Wildman–Crippen LogP) is 3.44. The molecule has 0 atom stereocenters. The first kappa shape index (κ1) is 12.9. The van der Waals surface area contributed by atoms with E-state index in [4.69, 9.17) is 5.73 Å². The van der Waals surface area contributed by atoms with Gasteiger partial charge in [0.15, 0.2) is 5.78 Å². The molecule has 0 heterocycles. The Kier molecular flexibility index (Phi) is 3.44. The van der Waals surface area contributed by atoms with Crippen molar-refractivity contribution in [1.29, 1.82) is 0 Å². The number of rotatable bonds is 4. The van der Waals surface area contributed by atoms with Gasteiger partial charge >= 0.3 is 0 Å². The normalized spacial score (nSPS) is 22.2. The van der Waals surface area contributed by atoms with E-state index in [9.17, 15) is 4.79 Å². The van der Waals surface area contributed by atoms with Crippen molar-refractivity contribution in [2.24, 2.45) is 11.7 Å². The molecule has 1 aromatic carbocycles. The third-order valence-electron chi connectivity index (χ3n) is 4.98. The molecular formula is C17H23NO. The minimum atomic E-state index is 0.183. The van der Waals surface area contributed by atoms with Crippen LogP contribution in [0.3, 0.4) is 0 Å². The molecule has 0 unspecified atom stereocenters. The highest BCUT2D eigenvalue weighted by atomic mass is 16.1. The van der Waals surface area contributed by atoms with Gasteiger partial charge in [-0.1, -0.05) is 37.5 Å². The van der Waals surface area contributed by atoms with Crippen LogP contribution in [0.1, 0.15) is 60.9 Å². The Morgan fingerprint density at radius 1 is 1.21 bits per heavy atom. The zero-order valence-electron chi connectivity index (χ0n) is 11.5. The van der Waals surface area contributed by atoms with Gasteiger partial charge in [-0.15, -0.1) is 0 Å². The predicted molar refractivity (Wildman–Crippen MR) is 77.3 cm³/mol. The van der Waals surface area contributed by atoms with Gasteiger partial charge in [-0.3, -0.25) is 4.79 Å². The van der Waals surface area contributed by atoms with Gasteiger partial charge < -0.3 is 5.73 Å². The van der Waals surface area contributed by atoms with Crippen LogP contribution in [-0.4, -0.2) is 12.3 Å². The second-order valence-corrected chi connectivity index (χ2v) is 6.26. The second kappa shape index (κ2) is 5.09. The summed E-state index contributed by atoms with van der Waals surface area (Å²) in [6.45, 7) is 0.702. The van der Waals surface area contributed by atoms with Crippen LogP contribution in [0.5, 0.6) is 0 Å². The van der Waals surface area contributed by atoms with E-state index in [2.05, 4.69) is 12.1 Å². The third kappa shape index (κ3) is 2.46. The van der Waals surface area contributed by atoms with Crippen molar-refractivity contribution in [2.45, 2.75) is 50.4 Å². The highest BCUT2D eigenvalue weighted by molar-refractivity contribution is 5.98. The third-order valence-corrected chi connectivity index (χ3v) is 4.98. The molecule has 2 heteroatoms. The summed E-state index contributed by atoms with van der Waals surface area (Å²) in [5.41, 5.74) is 8.25. The molecule has 2 N–H and O–H groups in total. The fourth-order valence-corrected chi connectivity index (χ4v) is 3.36. The lowest BCUT2D eigenvalue weighted by molar-refractivity contribution is 0.0889. The van der Waals surface area contributed by atoms with Crippen LogP contribution in [-0.2, 0) is 5.41 Å². The Balaban J connectivity index is 1.81. The highest BCUT2D eigenvalue weighted by Crippen LogP contribution is 2.47. The van der Waals surface area contributed by atoms with Crippen molar-refractivity contribution in [3.05, 3.63) is 35.4 Å². The lowest BCUT2D eigenvalue weighted by atomic mass is 9.83. The van der Waals surface area contributed by atoms with Crippen molar-refractivity contribution in [1.82, 2.24) is 0 Å². The summed E-state index contributed by atoms with van der Waals surface area (Å²) < 4.78 is 0. The zero-order chi connectivity index (χ0) is 13.3. The molecule has 2 fully saturated rings. The maximum absolute atomic E-state index is 12.6. The van der Waals surface area contributed by atoms with Crippen molar-refractivity contribution < 1.29 is 4.79 Å². The van der Waals surface area contributed by atoms with Crippen LogP contribution < -0.4 is 5.73 Å². The topological polar surface area (TPSA) is 43.1 Å². The van der Waals surface area contributed by atoms with E-state index in [1.54, 1.807) is 0 Å².